The molecule has 1 atom stereocenters. The monoisotopic (exact) mass is 390 g/mol. The van der Waals surface area contributed by atoms with Crippen LogP contribution in [-0.4, -0.2) is 54.4 Å². The zero-order valence-electron chi connectivity index (χ0n) is 14.2. The number of alkyl halides is 3. The number of amides is 2. The molecule has 2 amide bonds. The van der Waals surface area contributed by atoms with Crippen molar-refractivity contribution in [2.75, 3.05) is 26.0 Å². The molecule has 0 aliphatic carbocycles. The molecule has 0 unspecified atom stereocenters. The van der Waals surface area contributed by atoms with Crippen molar-refractivity contribution in [2.45, 2.75) is 18.8 Å². The molecule has 0 radical (unpaired) electrons. The Hall–Kier alpha value is -2.56. The predicted molar refractivity (Wildman–Crippen MR) is 90.9 cm³/mol. The Kier molecular flexibility index (Phi) is 5.59. The molecular weight excluding hydrogens is 373 g/mol. The number of aromatic nitrogens is 1. The molecule has 11 heteroatoms. The van der Waals surface area contributed by atoms with Gasteiger partial charge in [-0.05, 0) is 19.1 Å². The number of carbonyl (C=O) groups is 2. The summed E-state index contributed by atoms with van der Waals surface area (Å²) in [5.74, 6) is -1.68. The number of hydrogen-bond acceptors (Lipinski definition) is 6. The lowest BCUT2D eigenvalue weighted by Gasteiger charge is -2.35. The second kappa shape index (κ2) is 7.36. The van der Waals surface area contributed by atoms with E-state index in [1.54, 1.807) is 29.6 Å². The Morgan fingerprint density at radius 3 is 2.46 bits per heavy atom. The summed E-state index contributed by atoms with van der Waals surface area (Å²) in [6.07, 6.45) is -5.19. The third-order valence-electron chi connectivity index (χ3n) is 3.30. The second-order valence-electron chi connectivity index (χ2n) is 5.40. The van der Waals surface area contributed by atoms with Gasteiger partial charge in [-0.15, -0.1) is 0 Å². The summed E-state index contributed by atoms with van der Waals surface area (Å²) in [6.45, 7) is 1.07. The topological polar surface area (TPSA) is 83.6 Å². The SMILES string of the molecule is CCOC(=O)[C@](NC(=O)N(C)C)(Nc1nc2ccccc2s1)C(F)(F)F. The lowest BCUT2D eigenvalue weighted by atomic mass is 10.1. The van der Waals surface area contributed by atoms with Crippen molar-refractivity contribution >= 4 is 38.7 Å². The van der Waals surface area contributed by atoms with Crippen molar-refractivity contribution in [3.05, 3.63) is 24.3 Å². The fourth-order valence-electron chi connectivity index (χ4n) is 1.99. The van der Waals surface area contributed by atoms with Crippen molar-refractivity contribution < 1.29 is 27.5 Å². The summed E-state index contributed by atoms with van der Waals surface area (Å²) in [5.41, 5.74) is -3.02. The van der Waals surface area contributed by atoms with Gasteiger partial charge >= 0.3 is 23.8 Å². The molecule has 0 spiro atoms. The van der Waals surface area contributed by atoms with Crippen molar-refractivity contribution in [1.82, 2.24) is 15.2 Å². The summed E-state index contributed by atoms with van der Waals surface area (Å²) in [6, 6.07) is 5.57. The normalized spacial score (nSPS) is 13.8. The van der Waals surface area contributed by atoms with E-state index in [2.05, 4.69) is 9.72 Å². The van der Waals surface area contributed by atoms with Crippen LogP contribution < -0.4 is 10.6 Å². The van der Waals surface area contributed by atoms with E-state index in [4.69, 9.17) is 0 Å². The number of carbonyl (C=O) groups excluding carboxylic acids is 2. The molecule has 1 aromatic carbocycles. The van der Waals surface area contributed by atoms with Crippen LogP contribution in [0.1, 0.15) is 6.92 Å². The van der Waals surface area contributed by atoms with Crippen LogP contribution in [0.3, 0.4) is 0 Å². The van der Waals surface area contributed by atoms with E-state index in [9.17, 15) is 22.8 Å². The second-order valence-corrected chi connectivity index (χ2v) is 6.44. The van der Waals surface area contributed by atoms with Crippen LogP contribution >= 0.6 is 11.3 Å². The number of benzene rings is 1. The number of ether oxygens (including phenoxy) is 1. The van der Waals surface area contributed by atoms with Gasteiger partial charge in [0, 0.05) is 14.1 Å². The van der Waals surface area contributed by atoms with Crippen molar-refractivity contribution in [3.63, 3.8) is 0 Å². The maximum absolute atomic E-state index is 13.9. The number of urea groups is 1. The molecule has 0 aliphatic rings. The third kappa shape index (κ3) is 3.82. The molecule has 2 rings (SSSR count). The van der Waals surface area contributed by atoms with Gasteiger partial charge < -0.3 is 15.0 Å². The molecule has 7 nitrogen and oxygen atoms in total. The van der Waals surface area contributed by atoms with Crippen LogP contribution in [0.25, 0.3) is 10.2 Å². The minimum absolute atomic E-state index is 0.185. The van der Waals surface area contributed by atoms with Crippen LogP contribution in [0.15, 0.2) is 24.3 Å². The number of fused-ring (bicyclic) bond motifs is 1. The van der Waals surface area contributed by atoms with Crippen LogP contribution in [0.5, 0.6) is 0 Å². The number of nitrogens with one attached hydrogen (secondary N) is 2. The zero-order chi connectivity index (χ0) is 19.5. The van der Waals surface area contributed by atoms with Gasteiger partial charge in [0.25, 0.3) is 0 Å². The maximum atomic E-state index is 13.9. The summed E-state index contributed by atoms with van der Waals surface area (Å²) in [7, 11) is 2.50. The molecule has 2 N–H and O–H groups in total. The van der Waals surface area contributed by atoms with E-state index in [1.165, 1.54) is 21.0 Å². The Morgan fingerprint density at radius 2 is 1.92 bits per heavy atom. The summed E-state index contributed by atoms with van der Waals surface area (Å²) >= 11 is 0.916. The molecule has 1 heterocycles. The molecule has 2 aromatic rings. The summed E-state index contributed by atoms with van der Waals surface area (Å²) < 4.78 is 46.9. The number of esters is 1. The maximum Gasteiger partial charge on any atom is 0.442 e. The molecule has 142 valence electrons. The van der Waals surface area contributed by atoms with Crippen LogP contribution in [0, 0.1) is 0 Å². The Balaban J connectivity index is 2.52. The van der Waals surface area contributed by atoms with Crippen LogP contribution in [-0.2, 0) is 9.53 Å². The smallest absolute Gasteiger partial charge is 0.442 e. The molecular formula is C15H17F3N4O3S. The van der Waals surface area contributed by atoms with Gasteiger partial charge in [0.1, 0.15) is 0 Å². The fourth-order valence-corrected chi connectivity index (χ4v) is 2.91. The third-order valence-corrected chi connectivity index (χ3v) is 4.25. The van der Waals surface area contributed by atoms with Gasteiger partial charge in [-0.2, -0.15) is 13.2 Å². The highest BCUT2D eigenvalue weighted by atomic mass is 32.1. The first kappa shape index (κ1) is 19.8. The number of thiazole rings is 1. The zero-order valence-corrected chi connectivity index (χ0v) is 15.0. The first-order valence-electron chi connectivity index (χ1n) is 7.48. The van der Waals surface area contributed by atoms with E-state index in [-0.39, 0.29) is 11.7 Å². The molecule has 0 bridgehead atoms. The molecule has 0 saturated heterocycles. The Labute approximate surface area is 151 Å². The van der Waals surface area contributed by atoms with E-state index in [0.717, 1.165) is 16.2 Å². The van der Waals surface area contributed by atoms with Gasteiger partial charge in [-0.3, -0.25) is 5.32 Å². The first-order chi connectivity index (χ1) is 12.1. The predicted octanol–water partition coefficient (Wildman–Crippen LogP) is 2.80. The lowest BCUT2D eigenvalue weighted by molar-refractivity contribution is -0.204. The van der Waals surface area contributed by atoms with Crippen LogP contribution in [0.4, 0.5) is 23.1 Å². The minimum Gasteiger partial charge on any atom is -0.463 e. The van der Waals surface area contributed by atoms with Crippen LogP contribution in [0.2, 0.25) is 0 Å². The number of para-hydroxylation sites is 1. The highest BCUT2D eigenvalue weighted by Crippen LogP contribution is 2.35. The van der Waals surface area contributed by atoms with Gasteiger partial charge in [-0.25, -0.2) is 14.6 Å². The summed E-state index contributed by atoms with van der Waals surface area (Å²) in [4.78, 5) is 29.1. The van der Waals surface area contributed by atoms with Crippen molar-refractivity contribution in [2.24, 2.45) is 0 Å². The average Bonchev–Trinajstić information content (AvgIpc) is 2.95. The fraction of sp³-hybridized carbons (Fsp3) is 0.400. The van der Waals surface area contributed by atoms with Gasteiger partial charge in [0.2, 0.25) is 0 Å². The van der Waals surface area contributed by atoms with Gasteiger partial charge in [-0.1, -0.05) is 23.5 Å². The van der Waals surface area contributed by atoms with E-state index < -0.39 is 23.8 Å². The minimum atomic E-state index is -5.19. The number of halogens is 3. The van der Waals surface area contributed by atoms with E-state index in [1.807, 2.05) is 5.32 Å². The number of hydrogen-bond donors (Lipinski definition) is 2. The highest BCUT2D eigenvalue weighted by molar-refractivity contribution is 7.22. The Morgan fingerprint density at radius 1 is 1.27 bits per heavy atom. The molecule has 0 aliphatic heterocycles. The summed E-state index contributed by atoms with van der Waals surface area (Å²) in [5, 5.41) is 3.55. The van der Waals surface area contributed by atoms with Crippen molar-refractivity contribution in [1.29, 1.82) is 0 Å². The molecule has 26 heavy (non-hydrogen) atoms. The first-order valence-corrected chi connectivity index (χ1v) is 8.29. The number of nitrogens with zero attached hydrogens (tertiary/aromatic N) is 2. The number of rotatable bonds is 5. The highest BCUT2D eigenvalue weighted by Gasteiger charge is 2.64. The van der Waals surface area contributed by atoms with Gasteiger partial charge in [0.05, 0.1) is 16.8 Å². The van der Waals surface area contributed by atoms with Crippen molar-refractivity contribution in [3.8, 4) is 0 Å². The molecule has 1 aromatic heterocycles. The largest absolute Gasteiger partial charge is 0.463 e. The van der Waals surface area contributed by atoms with E-state index >= 15 is 0 Å². The quantitative estimate of drug-likeness (QED) is 0.606. The standard InChI is InChI=1S/C15H17F3N4O3S/c1-4-25-11(23)14(15(16,17)18,21-13(24)22(2)3)20-12-19-9-7-5-6-8-10(9)26-12/h5-8H,4H2,1-3H3,(H,19,20)(H,21,24)/t14-/m1/s1. The van der Waals surface area contributed by atoms with Gasteiger partial charge in [0.15, 0.2) is 5.13 Å². The average molecular weight is 390 g/mol. The van der Waals surface area contributed by atoms with E-state index in [0.29, 0.717) is 10.2 Å². The molecule has 0 fully saturated rings. The number of anilines is 1. The Bertz CT molecular complexity index is 776. The molecule has 0 saturated carbocycles. The lowest BCUT2D eigenvalue weighted by Crippen LogP contribution is -2.70.